The van der Waals surface area contributed by atoms with Gasteiger partial charge in [0.05, 0.1) is 18.0 Å². The van der Waals surface area contributed by atoms with Crippen LogP contribution < -0.4 is 16.8 Å². The Bertz CT molecular complexity index is 687. The van der Waals surface area contributed by atoms with Gasteiger partial charge in [-0.3, -0.25) is 14.6 Å². The SMILES string of the molecule is NC(CC(=O)O)C(=O)Nc1ccc2[nH]c(=O)oc2c1. The van der Waals surface area contributed by atoms with E-state index >= 15 is 0 Å². The zero-order valence-corrected chi connectivity index (χ0v) is 9.67. The van der Waals surface area contributed by atoms with Crippen LogP contribution in [0.4, 0.5) is 5.69 Å². The van der Waals surface area contributed by atoms with Gasteiger partial charge in [0, 0.05) is 11.8 Å². The fourth-order valence-electron chi connectivity index (χ4n) is 1.54. The Hall–Kier alpha value is -2.61. The molecule has 1 atom stereocenters. The average Bonchev–Trinajstić information content (AvgIpc) is 2.67. The summed E-state index contributed by atoms with van der Waals surface area (Å²) in [7, 11) is 0. The first kappa shape index (κ1) is 12.8. The van der Waals surface area contributed by atoms with Crippen molar-refractivity contribution in [3.05, 3.63) is 28.7 Å². The van der Waals surface area contributed by atoms with Crippen LogP contribution in [0.3, 0.4) is 0 Å². The van der Waals surface area contributed by atoms with Gasteiger partial charge in [0.15, 0.2) is 5.58 Å². The number of carboxylic acid groups (broad SMARTS) is 1. The Morgan fingerprint density at radius 2 is 2.21 bits per heavy atom. The van der Waals surface area contributed by atoms with Crippen LogP contribution in [0.15, 0.2) is 27.4 Å². The summed E-state index contributed by atoms with van der Waals surface area (Å²) >= 11 is 0. The van der Waals surface area contributed by atoms with E-state index in [9.17, 15) is 14.4 Å². The summed E-state index contributed by atoms with van der Waals surface area (Å²) in [5, 5.41) is 11.0. The molecule has 2 rings (SSSR count). The number of aromatic amines is 1. The molecule has 8 heteroatoms. The Labute approximate surface area is 106 Å². The molecule has 0 saturated carbocycles. The van der Waals surface area contributed by atoms with Crippen molar-refractivity contribution in [3.63, 3.8) is 0 Å². The molecule has 0 aliphatic rings. The molecule has 100 valence electrons. The molecule has 1 heterocycles. The number of nitrogens with two attached hydrogens (primary N) is 1. The van der Waals surface area contributed by atoms with E-state index in [1.807, 2.05) is 0 Å². The number of aliphatic carboxylic acids is 1. The van der Waals surface area contributed by atoms with Crippen LogP contribution in [0.2, 0.25) is 0 Å². The molecule has 1 unspecified atom stereocenters. The van der Waals surface area contributed by atoms with Gasteiger partial charge in [-0.05, 0) is 12.1 Å². The van der Waals surface area contributed by atoms with Crippen molar-refractivity contribution >= 4 is 28.7 Å². The zero-order valence-electron chi connectivity index (χ0n) is 9.67. The molecule has 1 aromatic carbocycles. The summed E-state index contributed by atoms with van der Waals surface area (Å²) in [6, 6.07) is 3.39. The Kier molecular flexibility index (Phi) is 3.34. The number of oxazole rings is 1. The molecule has 0 aliphatic heterocycles. The van der Waals surface area contributed by atoms with Crippen molar-refractivity contribution in [1.82, 2.24) is 4.98 Å². The molecule has 0 bridgehead atoms. The van der Waals surface area contributed by atoms with E-state index in [2.05, 4.69) is 10.3 Å². The summed E-state index contributed by atoms with van der Waals surface area (Å²) < 4.78 is 4.83. The van der Waals surface area contributed by atoms with Gasteiger partial charge in [-0.2, -0.15) is 0 Å². The number of aromatic nitrogens is 1. The first-order chi connectivity index (χ1) is 8.95. The quantitative estimate of drug-likeness (QED) is 0.607. The minimum absolute atomic E-state index is 0.287. The third kappa shape index (κ3) is 2.99. The van der Waals surface area contributed by atoms with Crippen molar-refractivity contribution in [2.45, 2.75) is 12.5 Å². The largest absolute Gasteiger partial charge is 0.481 e. The number of carboxylic acids is 1. The number of carbonyl (C=O) groups is 2. The fraction of sp³-hybridized carbons (Fsp3) is 0.182. The number of H-pyrrole nitrogens is 1. The maximum absolute atomic E-state index is 11.6. The van der Waals surface area contributed by atoms with Gasteiger partial charge < -0.3 is 20.6 Å². The summed E-state index contributed by atoms with van der Waals surface area (Å²) in [5.41, 5.74) is 6.56. The van der Waals surface area contributed by atoms with Crippen LogP contribution in [0.5, 0.6) is 0 Å². The summed E-state index contributed by atoms with van der Waals surface area (Å²) in [4.78, 5) is 35.4. The van der Waals surface area contributed by atoms with Gasteiger partial charge in [-0.15, -0.1) is 0 Å². The monoisotopic (exact) mass is 265 g/mol. The lowest BCUT2D eigenvalue weighted by Crippen LogP contribution is -2.37. The first-order valence-corrected chi connectivity index (χ1v) is 5.37. The lowest BCUT2D eigenvalue weighted by Gasteiger charge is -2.09. The van der Waals surface area contributed by atoms with Crippen molar-refractivity contribution in [1.29, 1.82) is 0 Å². The van der Waals surface area contributed by atoms with Gasteiger partial charge in [-0.25, -0.2) is 4.79 Å². The molecule has 0 fully saturated rings. The van der Waals surface area contributed by atoms with Crippen LogP contribution in [0.25, 0.3) is 11.1 Å². The van der Waals surface area contributed by atoms with E-state index in [4.69, 9.17) is 15.3 Å². The minimum Gasteiger partial charge on any atom is -0.481 e. The van der Waals surface area contributed by atoms with Crippen molar-refractivity contribution in [3.8, 4) is 0 Å². The van der Waals surface area contributed by atoms with Gasteiger partial charge in [0.2, 0.25) is 5.91 Å². The number of hydrogen-bond donors (Lipinski definition) is 4. The van der Waals surface area contributed by atoms with Crippen molar-refractivity contribution in [2.24, 2.45) is 5.73 Å². The third-order valence-electron chi connectivity index (χ3n) is 2.42. The molecule has 2 aromatic rings. The number of anilines is 1. The van der Waals surface area contributed by atoms with Crippen LogP contribution in [0, 0.1) is 0 Å². The molecule has 8 nitrogen and oxygen atoms in total. The Balaban J connectivity index is 2.14. The van der Waals surface area contributed by atoms with Gasteiger partial charge >= 0.3 is 11.7 Å². The van der Waals surface area contributed by atoms with Crippen molar-refractivity contribution in [2.75, 3.05) is 5.32 Å². The highest BCUT2D eigenvalue weighted by molar-refractivity contribution is 5.97. The maximum Gasteiger partial charge on any atom is 0.417 e. The fourth-order valence-corrected chi connectivity index (χ4v) is 1.54. The van der Waals surface area contributed by atoms with E-state index in [1.54, 1.807) is 12.1 Å². The molecule has 0 saturated heterocycles. The summed E-state index contributed by atoms with van der Waals surface area (Å²) in [5.74, 6) is -2.38. The lowest BCUT2D eigenvalue weighted by atomic mass is 10.2. The second-order valence-corrected chi connectivity index (χ2v) is 3.92. The van der Waals surface area contributed by atoms with Gasteiger partial charge in [0.1, 0.15) is 0 Å². The van der Waals surface area contributed by atoms with Gasteiger partial charge in [0.25, 0.3) is 0 Å². The highest BCUT2D eigenvalue weighted by Crippen LogP contribution is 2.16. The number of carbonyl (C=O) groups excluding carboxylic acids is 1. The highest BCUT2D eigenvalue weighted by atomic mass is 16.4. The predicted octanol–water partition coefficient (Wildman–Crippen LogP) is -0.138. The summed E-state index contributed by atoms with van der Waals surface area (Å²) in [6.45, 7) is 0. The van der Waals surface area contributed by atoms with Crippen LogP contribution in [-0.4, -0.2) is 28.0 Å². The molecular formula is C11H11N3O5. The molecule has 0 radical (unpaired) electrons. The highest BCUT2D eigenvalue weighted by Gasteiger charge is 2.17. The van der Waals surface area contributed by atoms with E-state index in [0.717, 1.165) is 0 Å². The molecule has 1 aromatic heterocycles. The first-order valence-electron chi connectivity index (χ1n) is 5.37. The van der Waals surface area contributed by atoms with E-state index in [0.29, 0.717) is 11.2 Å². The van der Waals surface area contributed by atoms with Crippen LogP contribution >= 0.6 is 0 Å². The number of fused-ring (bicyclic) bond motifs is 1. The van der Waals surface area contributed by atoms with Crippen molar-refractivity contribution < 1.29 is 19.1 Å². The Morgan fingerprint density at radius 3 is 2.89 bits per heavy atom. The second kappa shape index (κ2) is 4.94. The number of rotatable bonds is 4. The lowest BCUT2D eigenvalue weighted by molar-refractivity contribution is -0.138. The number of benzene rings is 1. The number of amides is 1. The normalized spacial score (nSPS) is 12.3. The minimum atomic E-state index is -1.16. The smallest absolute Gasteiger partial charge is 0.417 e. The van der Waals surface area contributed by atoms with Crippen LogP contribution in [0.1, 0.15) is 6.42 Å². The van der Waals surface area contributed by atoms with Gasteiger partial charge in [-0.1, -0.05) is 0 Å². The third-order valence-corrected chi connectivity index (χ3v) is 2.42. The van der Waals surface area contributed by atoms with E-state index in [-0.39, 0.29) is 5.58 Å². The molecule has 1 amide bonds. The molecular weight excluding hydrogens is 254 g/mol. The standard InChI is InChI=1S/C11H11N3O5/c12-6(4-9(15)16)10(17)13-5-1-2-7-8(3-5)19-11(18)14-7/h1-3,6H,4,12H2,(H,13,17)(H,14,18)(H,15,16). The second-order valence-electron chi connectivity index (χ2n) is 3.92. The summed E-state index contributed by atoms with van der Waals surface area (Å²) in [6.07, 6.45) is -0.465. The van der Waals surface area contributed by atoms with E-state index in [1.165, 1.54) is 6.07 Å². The van der Waals surface area contributed by atoms with Crippen LogP contribution in [-0.2, 0) is 9.59 Å². The molecule has 0 spiro atoms. The predicted molar refractivity (Wildman–Crippen MR) is 65.7 cm³/mol. The topological polar surface area (TPSA) is 138 Å². The maximum atomic E-state index is 11.6. The molecule has 0 aliphatic carbocycles. The number of nitrogens with one attached hydrogen (secondary N) is 2. The molecule has 19 heavy (non-hydrogen) atoms. The molecule has 5 N–H and O–H groups in total. The average molecular weight is 265 g/mol. The Morgan fingerprint density at radius 1 is 1.47 bits per heavy atom. The zero-order chi connectivity index (χ0) is 14.0. The van der Waals surface area contributed by atoms with E-state index < -0.39 is 30.1 Å². The number of hydrogen-bond acceptors (Lipinski definition) is 5.